The van der Waals surface area contributed by atoms with Crippen LogP contribution in [0.15, 0.2) is 17.2 Å². The fourth-order valence-electron chi connectivity index (χ4n) is 3.65. The molecule has 0 aromatic carbocycles. The van der Waals surface area contributed by atoms with E-state index in [1.165, 1.54) is 11.3 Å². The topological polar surface area (TPSA) is 68.1 Å². The molecule has 2 fully saturated rings. The molecule has 6 nitrogen and oxygen atoms in total. The number of carbonyl (C=O) groups excluding carboxylic acids is 1. The van der Waals surface area contributed by atoms with Crippen molar-refractivity contribution in [2.75, 3.05) is 13.1 Å². The van der Waals surface area contributed by atoms with E-state index in [-0.39, 0.29) is 11.5 Å². The number of thiazole rings is 1. The number of aryl methyl sites for hydroxylation is 2. The number of hydrogen-bond donors (Lipinski definition) is 0. The van der Waals surface area contributed by atoms with Crippen molar-refractivity contribution in [1.29, 1.82) is 0 Å². The first-order valence-electron chi connectivity index (χ1n) is 9.31. The number of likely N-dealkylation sites (tertiary alicyclic amines) is 1. The quantitative estimate of drug-likeness (QED) is 0.828. The van der Waals surface area contributed by atoms with Gasteiger partial charge >= 0.3 is 0 Å². The Morgan fingerprint density at radius 1 is 1.23 bits per heavy atom. The molecule has 0 bridgehead atoms. The zero-order valence-electron chi connectivity index (χ0n) is 15.3. The number of nitrogens with zero attached hydrogens (tertiary/aromatic N) is 4. The number of rotatable bonds is 4. The fourth-order valence-corrected chi connectivity index (χ4v) is 4.54. The lowest BCUT2D eigenvalue weighted by molar-refractivity contribution is 0.0686. The van der Waals surface area contributed by atoms with Gasteiger partial charge in [0.1, 0.15) is 4.88 Å². The SMILES string of the molecule is Cc1nc(C)c(C(=O)N2CCC(Cn3cnc(C4CC4)cc3=O)CC2)s1. The van der Waals surface area contributed by atoms with Gasteiger partial charge in [-0.1, -0.05) is 0 Å². The van der Waals surface area contributed by atoms with Crippen LogP contribution in [-0.2, 0) is 6.54 Å². The summed E-state index contributed by atoms with van der Waals surface area (Å²) in [6, 6.07) is 1.70. The molecule has 1 aliphatic heterocycles. The van der Waals surface area contributed by atoms with Gasteiger partial charge in [0, 0.05) is 31.6 Å². The highest BCUT2D eigenvalue weighted by atomic mass is 32.1. The standard InChI is InChI=1S/C19H24N4O2S/c1-12-18(26-13(2)21-12)19(25)22-7-5-14(6-8-22)10-23-11-20-16(9-17(23)24)15-3-4-15/h9,11,14-15H,3-8,10H2,1-2H3. The highest BCUT2D eigenvalue weighted by molar-refractivity contribution is 7.13. The van der Waals surface area contributed by atoms with Crippen molar-refractivity contribution >= 4 is 17.2 Å². The highest BCUT2D eigenvalue weighted by Crippen LogP contribution is 2.38. The molecule has 0 radical (unpaired) electrons. The molecule has 2 aliphatic rings. The zero-order valence-corrected chi connectivity index (χ0v) is 16.1. The summed E-state index contributed by atoms with van der Waals surface area (Å²) in [7, 11) is 0. The largest absolute Gasteiger partial charge is 0.338 e. The molecular weight excluding hydrogens is 348 g/mol. The van der Waals surface area contributed by atoms with Gasteiger partial charge in [0.25, 0.3) is 11.5 Å². The lowest BCUT2D eigenvalue weighted by atomic mass is 9.96. The second-order valence-electron chi connectivity index (χ2n) is 7.46. The van der Waals surface area contributed by atoms with Crippen LogP contribution in [0.4, 0.5) is 0 Å². The second-order valence-corrected chi connectivity index (χ2v) is 8.66. The molecule has 4 rings (SSSR count). The Balaban J connectivity index is 1.35. The van der Waals surface area contributed by atoms with Crippen molar-refractivity contribution in [1.82, 2.24) is 19.4 Å². The van der Waals surface area contributed by atoms with Crippen molar-refractivity contribution in [3.05, 3.63) is 44.0 Å². The minimum atomic E-state index is 0.0520. The Bertz CT molecular complexity index is 876. The Kier molecular flexibility index (Phi) is 4.65. The Hall–Kier alpha value is -2.02. The van der Waals surface area contributed by atoms with Crippen LogP contribution in [0.25, 0.3) is 0 Å². The predicted molar refractivity (Wildman–Crippen MR) is 101 cm³/mol. The van der Waals surface area contributed by atoms with Gasteiger partial charge in [-0.25, -0.2) is 9.97 Å². The van der Waals surface area contributed by atoms with E-state index in [2.05, 4.69) is 9.97 Å². The van der Waals surface area contributed by atoms with Crippen LogP contribution < -0.4 is 5.56 Å². The molecule has 1 saturated carbocycles. The molecular formula is C19H24N4O2S. The average molecular weight is 372 g/mol. The first-order chi connectivity index (χ1) is 12.5. The van der Waals surface area contributed by atoms with E-state index < -0.39 is 0 Å². The first kappa shape index (κ1) is 17.4. The van der Waals surface area contributed by atoms with Gasteiger partial charge in [0.15, 0.2) is 0 Å². The van der Waals surface area contributed by atoms with Gasteiger partial charge < -0.3 is 4.90 Å². The lowest BCUT2D eigenvalue weighted by Crippen LogP contribution is -2.40. The molecule has 1 saturated heterocycles. The van der Waals surface area contributed by atoms with Crippen LogP contribution in [0.2, 0.25) is 0 Å². The van der Waals surface area contributed by atoms with Gasteiger partial charge in [-0.3, -0.25) is 14.2 Å². The summed E-state index contributed by atoms with van der Waals surface area (Å²) in [4.78, 5) is 36.5. The monoisotopic (exact) mass is 372 g/mol. The molecule has 0 atom stereocenters. The molecule has 0 unspecified atom stereocenters. The van der Waals surface area contributed by atoms with E-state index in [4.69, 9.17) is 0 Å². The molecule has 0 spiro atoms. The van der Waals surface area contributed by atoms with Crippen LogP contribution in [0.5, 0.6) is 0 Å². The Morgan fingerprint density at radius 2 is 1.96 bits per heavy atom. The molecule has 26 heavy (non-hydrogen) atoms. The summed E-state index contributed by atoms with van der Waals surface area (Å²) in [5, 5.41) is 0.933. The number of aromatic nitrogens is 3. The van der Waals surface area contributed by atoms with Crippen LogP contribution >= 0.6 is 11.3 Å². The Labute approximate surface area is 156 Å². The summed E-state index contributed by atoms with van der Waals surface area (Å²) in [5.41, 5.74) is 1.83. The van der Waals surface area contributed by atoms with Crippen molar-refractivity contribution in [2.24, 2.45) is 5.92 Å². The van der Waals surface area contributed by atoms with E-state index in [1.807, 2.05) is 18.7 Å². The normalized spacial score (nSPS) is 18.3. The van der Waals surface area contributed by atoms with Crippen LogP contribution in [0.3, 0.4) is 0 Å². The lowest BCUT2D eigenvalue weighted by Gasteiger charge is -2.32. The summed E-state index contributed by atoms with van der Waals surface area (Å²) >= 11 is 1.47. The molecule has 1 aliphatic carbocycles. The van der Waals surface area contributed by atoms with Gasteiger partial charge in [0.05, 0.1) is 22.7 Å². The average Bonchev–Trinajstić information content (AvgIpc) is 3.41. The van der Waals surface area contributed by atoms with E-state index >= 15 is 0 Å². The molecule has 138 valence electrons. The third-order valence-electron chi connectivity index (χ3n) is 5.35. The summed E-state index contributed by atoms with van der Waals surface area (Å²) in [6.07, 6.45) is 5.85. The van der Waals surface area contributed by atoms with Gasteiger partial charge in [0.2, 0.25) is 0 Å². The minimum absolute atomic E-state index is 0.0520. The molecule has 3 heterocycles. The van der Waals surface area contributed by atoms with Crippen molar-refractivity contribution in [2.45, 2.75) is 52.0 Å². The summed E-state index contributed by atoms with van der Waals surface area (Å²) in [5.74, 6) is 1.01. The van der Waals surface area contributed by atoms with Gasteiger partial charge in [-0.15, -0.1) is 11.3 Å². The van der Waals surface area contributed by atoms with Gasteiger partial charge in [-0.2, -0.15) is 0 Å². The molecule has 2 aromatic heterocycles. The molecule has 1 amide bonds. The van der Waals surface area contributed by atoms with Crippen LogP contribution in [-0.4, -0.2) is 38.4 Å². The minimum Gasteiger partial charge on any atom is -0.338 e. The maximum atomic E-state index is 12.7. The van der Waals surface area contributed by atoms with Crippen LogP contribution in [0, 0.1) is 19.8 Å². The van der Waals surface area contributed by atoms with Gasteiger partial charge in [-0.05, 0) is 45.4 Å². The molecule has 2 aromatic rings. The maximum absolute atomic E-state index is 12.7. The predicted octanol–water partition coefficient (Wildman–Crippen LogP) is 2.75. The fraction of sp³-hybridized carbons (Fsp3) is 0.579. The second kappa shape index (κ2) is 6.95. The van der Waals surface area contributed by atoms with Crippen molar-refractivity contribution < 1.29 is 4.79 Å². The summed E-state index contributed by atoms with van der Waals surface area (Å²) in [6.45, 7) is 6.00. The van der Waals surface area contributed by atoms with E-state index in [0.29, 0.717) is 18.4 Å². The third-order valence-corrected chi connectivity index (χ3v) is 6.41. The molecule has 0 N–H and O–H groups in total. The van der Waals surface area contributed by atoms with Crippen molar-refractivity contribution in [3.8, 4) is 0 Å². The smallest absolute Gasteiger partial charge is 0.265 e. The van der Waals surface area contributed by atoms with E-state index in [0.717, 1.165) is 60.0 Å². The molecule has 7 heteroatoms. The van der Waals surface area contributed by atoms with Crippen molar-refractivity contribution in [3.63, 3.8) is 0 Å². The first-order valence-corrected chi connectivity index (χ1v) is 10.1. The number of hydrogen-bond acceptors (Lipinski definition) is 5. The van der Waals surface area contributed by atoms with E-state index in [9.17, 15) is 9.59 Å². The maximum Gasteiger partial charge on any atom is 0.265 e. The van der Waals surface area contributed by atoms with E-state index in [1.54, 1.807) is 17.0 Å². The third kappa shape index (κ3) is 3.58. The zero-order chi connectivity index (χ0) is 18.3. The summed E-state index contributed by atoms with van der Waals surface area (Å²) < 4.78 is 1.73. The highest BCUT2D eigenvalue weighted by Gasteiger charge is 2.27. The van der Waals surface area contributed by atoms with Crippen LogP contribution in [0.1, 0.15) is 57.7 Å². The number of carbonyl (C=O) groups is 1. The number of piperidine rings is 1. The number of amides is 1. The Morgan fingerprint density at radius 3 is 2.54 bits per heavy atom.